The maximum Gasteiger partial charge on any atom is 0.248 e. The van der Waals surface area contributed by atoms with Crippen molar-refractivity contribution >= 4 is 5.91 Å². The van der Waals surface area contributed by atoms with Crippen LogP contribution in [0.1, 0.15) is 39.0 Å². The molecule has 2 N–H and O–H groups in total. The first-order valence-electron chi connectivity index (χ1n) is 6.87. The lowest BCUT2D eigenvalue weighted by Crippen LogP contribution is -2.52. The molecule has 0 aromatic carbocycles. The minimum absolute atomic E-state index is 0.0713. The average molecular weight is 260 g/mol. The number of halogens is 2. The largest absolute Gasteiger partial charge is 0.352 e. The molecular weight excluding hydrogens is 238 g/mol. The van der Waals surface area contributed by atoms with Gasteiger partial charge in [0.2, 0.25) is 11.8 Å². The molecule has 1 aliphatic heterocycles. The van der Waals surface area contributed by atoms with E-state index in [-0.39, 0.29) is 24.8 Å². The minimum atomic E-state index is -2.66. The summed E-state index contributed by atoms with van der Waals surface area (Å²) in [7, 11) is 0. The molecule has 0 radical (unpaired) electrons. The molecule has 2 fully saturated rings. The van der Waals surface area contributed by atoms with Gasteiger partial charge in [0, 0.05) is 31.3 Å². The van der Waals surface area contributed by atoms with Crippen molar-refractivity contribution in [1.29, 1.82) is 0 Å². The van der Waals surface area contributed by atoms with Crippen molar-refractivity contribution in [2.75, 3.05) is 13.1 Å². The van der Waals surface area contributed by atoms with Crippen molar-refractivity contribution in [3.05, 3.63) is 0 Å². The molecular formula is C13H22F2N2O. The topological polar surface area (TPSA) is 41.1 Å². The van der Waals surface area contributed by atoms with Crippen LogP contribution in [0.4, 0.5) is 8.78 Å². The maximum atomic E-state index is 13.3. The molecule has 0 bridgehead atoms. The van der Waals surface area contributed by atoms with Gasteiger partial charge >= 0.3 is 0 Å². The van der Waals surface area contributed by atoms with Crippen LogP contribution in [0.15, 0.2) is 0 Å². The third-order valence-corrected chi connectivity index (χ3v) is 4.17. The normalized spacial score (nSPS) is 36.1. The molecule has 2 rings (SSSR count). The van der Waals surface area contributed by atoms with Gasteiger partial charge < -0.3 is 10.6 Å². The lowest BCUT2D eigenvalue weighted by atomic mass is 9.85. The Labute approximate surface area is 107 Å². The van der Waals surface area contributed by atoms with Crippen LogP contribution < -0.4 is 10.6 Å². The molecule has 3 unspecified atom stereocenters. The second kappa shape index (κ2) is 5.51. The molecule has 1 saturated carbocycles. The first-order valence-corrected chi connectivity index (χ1v) is 6.87. The second-order valence-corrected chi connectivity index (χ2v) is 5.73. The average Bonchev–Trinajstić information content (AvgIpc) is 2.31. The molecule has 2 aliphatic rings. The molecule has 1 heterocycles. The van der Waals surface area contributed by atoms with Gasteiger partial charge in [-0.2, -0.15) is 0 Å². The number of amides is 1. The zero-order valence-electron chi connectivity index (χ0n) is 10.8. The highest BCUT2D eigenvalue weighted by atomic mass is 19.3. The summed E-state index contributed by atoms with van der Waals surface area (Å²) in [5.41, 5.74) is 0. The highest BCUT2D eigenvalue weighted by Gasteiger charge is 2.39. The summed E-state index contributed by atoms with van der Waals surface area (Å²) in [6.45, 7) is 3.81. The van der Waals surface area contributed by atoms with Gasteiger partial charge in [-0.1, -0.05) is 6.92 Å². The van der Waals surface area contributed by atoms with Crippen LogP contribution in [-0.4, -0.2) is 31.0 Å². The van der Waals surface area contributed by atoms with E-state index in [1.165, 1.54) is 0 Å². The first-order chi connectivity index (χ1) is 8.48. The quantitative estimate of drug-likeness (QED) is 0.796. The van der Waals surface area contributed by atoms with Crippen molar-refractivity contribution in [1.82, 2.24) is 10.6 Å². The fourth-order valence-electron chi connectivity index (χ4n) is 2.88. The molecule has 1 saturated heterocycles. The Balaban J connectivity index is 1.87. The van der Waals surface area contributed by atoms with Crippen LogP contribution in [0.2, 0.25) is 0 Å². The van der Waals surface area contributed by atoms with E-state index >= 15 is 0 Å². The van der Waals surface area contributed by atoms with Crippen molar-refractivity contribution in [3.63, 3.8) is 0 Å². The standard InChI is InChI=1S/C13H22F2N2O/c1-9-4-6-16-8-11(9)17-12(18)10-3-2-5-13(14,15)7-10/h9-11,16H,2-8H2,1H3,(H,17,18). The molecule has 5 heteroatoms. The Morgan fingerprint density at radius 1 is 1.39 bits per heavy atom. The Bertz CT molecular complexity index is 309. The predicted octanol–water partition coefficient (Wildman–Crippen LogP) is 1.93. The van der Waals surface area contributed by atoms with Crippen molar-refractivity contribution in [3.8, 4) is 0 Å². The SMILES string of the molecule is CC1CCNCC1NC(=O)C1CCCC(F)(F)C1. The second-order valence-electron chi connectivity index (χ2n) is 5.73. The number of carbonyl (C=O) groups is 1. The predicted molar refractivity (Wildman–Crippen MR) is 65.5 cm³/mol. The monoisotopic (exact) mass is 260 g/mol. The molecule has 0 aromatic heterocycles. The molecule has 0 spiro atoms. The van der Waals surface area contributed by atoms with Gasteiger partial charge in [-0.25, -0.2) is 8.78 Å². The Hall–Kier alpha value is -0.710. The lowest BCUT2D eigenvalue weighted by Gasteiger charge is -2.33. The van der Waals surface area contributed by atoms with E-state index in [9.17, 15) is 13.6 Å². The summed E-state index contributed by atoms with van der Waals surface area (Å²) >= 11 is 0. The zero-order valence-corrected chi connectivity index (χ0v) is 10.8. The summed E-state index contributed by atoms with van der Waals surface area (Å²) in [6.07, 6.45) is 1.71. The van der Waals surface area contributed by atoms with Crippen LogP contribution >= 0.6 is 0 Å². The summed E-state index contributed by atoms with van der Waals surface area (Å²) < 4.78 is 26.6. The number of hydrogen-bond acceptors (Lipinski definition) is 2. The molecule has 18 heavy (non-hydrogen) atoms. The van der Waals surface area contributed by atoms with Crippen LogP contribution in [-0.2, 0) is 4.79 Å². The summed E-state index contributed by atoms with van der Waals surface area (Å²) in [4.78, 5) is 12.0. The fraction of sp³-hybridized carbons (Fsp3) is 0.923. The van der Waals surface area contributed by atoms with Gasteiger partial charge in [0.05, 0.1) is 0 Å². The maximum absolute atomic E-state index is 13.3. The number of hydrogen-bond donors (Lipinski definition) is 2. The third kappa shape index (κ3) is 3.40. The molecule has 3 nitrogen and oxygen atoms in total. The van der Waals surface area contributed by atoms with Crippen LogP contribution in [0, 0.1) is 11.8 Å². The number of rotatable bonds is 2. The smallest absolute Gasteiger partial charge is 0.248 e. The van der Waals surface area contributed by atoms with Gasteiger partial charge in [-0.15, -0.1) is 0 Å². The fourth-order valence-corrected chi connectivity index (χ4v) is 2.88. The van der Waals surface area contributed by atoms with Gasteiger partial charge in [-0.3, -0.25) is 4.79 Å². The Morgan fingerprint density at radius 2 is 2.17 bits per heavy atom. The molecule has 3 atom stereocenters. The number of carbonyl (C=O) groups excluding carboxylic acids is 1. The van der Waals surface area contributed by atoms with Crippen LogP contribution in [0.5, 0.6) is 0 Å². The Morgan fingerprint density at radius 3 is 2.83 bits per heavy atom. The Kier molecular flexibility index (Phi) is 4.20. The van der Waals surface area contributed by atoms with Crippen LogP contribution in [0.3, 0.4) is 0 Å². The highest BCUT2D eigenvalue weighted by Crippen LogP contribution is 2.36. The van der Waals surface area contributed by atoms with Gasteiger partial charge in [0.1, 0.15) is 0 Å². The van der Waals surface area contributed by atoms with Crippen molar-refractivity contribution < 1.29 is 13.6 Å². The van der Waals surface area contributed by atoms with E-state index in [1.54, 1.807) is 0 Å². The van der Waals surface area contributed by atoms with E-state index in [1.807, 2.05) is 0 Å². The first kappa shape index (κ1) is 13.7. The molecule has 1 amide bonds. The van der Waals surface area contributed by atoms with Crippen LogP contribution in [0.25, 0.3) is 0 Å². The number of alkyl halides is 2. The third-order valence-electron chi connectivity index (χ3n) is 4.17. The van der Waals surface area contributed by atoms with Crippen molar-refractivity contribution in [2.45, 2.75) is 51.0 Å². The van der Waals surface area contributed by atoms with E-state index in [2.05, 4.69) is 17.6 Å². The van der Waals surface area contributed by atoms with E-state index in [4.69, 9.17) is 0 Å². The zero-order chi connectivity index (χ0) is 13.2. The van der Waals surface area contributed by atoms with Crippen molar-refractivity contribution in [2.24, 2.45) is 11.8 Å². The number of piperidine rings is 1. The minimum Gasteiger partial charge on any atom is -0.352 e. The molecule has 1 aliphatic carbocycles. The van der Waals surface area contributed by atoms with Gasteiger partial charge in [0.25, 0.3) is 0 Å². The summed E-state index contributed by atoms with van der Waals surface area (Å²) in [5, 5.41) is 6.17. The van der Waals surface area contributed by atoms with Gasteiger partial charge in [-0.05, 0) is 31.7 Å². The summed E-state index contributed by atoms with van der Waals surface area (Å²) in [6, 6.07) is 0.0850. The van der Waals surface area contributed by atoms with E-state index < -0.39 is 11.8 Å². The van der Waals surface area contributed by atoms with E-state index in [0.717, 1.165) is 19.5 Å². The summed E-state index contributed by atoms with van der Waals surface area (Å²) in [5.74, 6) is -2.94. The number of nitrogens with one attached hydrogen (secondary N) is 2. The van der Waals surface area contributed by atoms with Gasteiger partial charge in [0.15, 0.2) is 0 Å². The van der Waals surface area contributed by atoms with E-state index in [0.29, 0.717) is 18.8 Å². The molecule has 0 aromatic rings. The molecule has 104 valence electrons. The highest BCUT2D eigenvalue weighted by molar-refractivity contribution is 5.79. The lowest BCUT2D eigenvalue weighted by molar-refractivity contribution is -0.133.